The first-order chi connectivity index (χ1) is 17.8. The minimum Gasteiger partial charge on any atom is -0.459 e. The molecule has 9 heteroatoms. The van der Waals surface area contributed by atoms with E-state index >= 15 is 0 Å². The third kappa shape index (κ3) is 7.12. The number of fused-ring (bicyclic) bond motifs is 1. The molecule has 0 saturated carbocycles. The van der Waals surface area contributed by atoms with Gasteiger partial charge in [-0.15, -0.1) is 0 Å². The van der Waals surface area contributed by atoms with Gasteiger partial charge in [0.25, 0.3) is 0 Å². The Kier molecular flexibility index (Phi) is 8.48. The predicted octanol–water partition coefficient (Wildman–Crippen LogP) is 5.58. The largest absolute Gasteiger partial charge is 0.459 e. The van der Waals surface area contributed by atoms with Crippen LogP contribution in [0, 0.1) is 0 Å². The highest BCUT2D eigenvalue weighted by Gasteiger charge is 2.30. The Morgan fingerprint density at radius 2 is 1.76 bits per heavy atom. The average molecular weight is 538 g/mol. The first-order valence-corrected chi connectivity index (χ1v) is 12.4. The van der Waals surface area contributed by atoms with Gasteiger partial charge in [0.1, 0.15) is 12.6 Å². The second-order valence-corrected chi connectivity index (χ2v) is 9.41. The molecule has 0 aliphatic carbocycles. The van der Waals surface area contributed by atoms with Crippen molar-refractivity contribution in [2.75, 3.05) is 10.6 Å². The van der Waals surface area contributed by atoms with Gasteiger partial charge in [0, 0.05) is 47.9 Å². The van der Waals surface area contributed by atoms with Gasteiger partial charge in [0.2, 0.25) is 11.8 Å². The van der Waals surface area contributed by atoms with E-state index in [1.807, 2.05) is 42.5 Å². The summed E-state index contributed by atoms with van der Waals surface area (Å²) in [5.41, 5.74) is 4.10. The van der Waals surface area contributed by atoms with Crippen LogP contribution in [0.1, 0.15) is 30.0 Å². The summed E-state index contributed by atoms with van der Waals surface area (Å²) in [6.45, 7) is 1.99. The zero-order chi connectivity index (χ0) is 26.4. The minimum atomic E-state index is -0.724. The number of amides is 2. The minimum absolute atomic E-state index is 0.117. The van der Waals surface area contributed by atoms with Crippen LogP contribution >= 0.6 is 23.2 Å². The Balaban J connectivity index is 1.51. The molecule has 1 heterocycles. The lowest BCUT2D eigenvalue weighted by Crippen LogP contribution is -2.35. The number of esters is 1. The van der Waals surface area contributed by atoms with E-state index in [1.54, 1.807) is 24.3 Å². The van der Waals surface area contributed by atoms with Crippen LogP contribution in [-0.4, -0.2) is 23.8 Å². The third-order valence-corrected chi connectivity index (χ3v) is 6.22. The Morgan fingerprint density at radius 1 is 1.03 bits per heavy atom. The number of nitrogens with one attached hydrogen (secondary N) is 3. The number of rotatable bonds is 7. The highest BCUT2D eigenvalue weighted by Crippen LogP contribution is 2.40. The second kappa shape index (κ2) is 12.0. The SMILES string of the molecule is CC(=O)NCc1ccc(NC(=O)/C=C2\CC(C(=O)OCc3ccccc3)Nc3cc(Cl)cc(Cl)c32)cc1. The van der Waals surface area contributed by atoms with Gasteiger partial charge in [-0.2, -0.15) is 0 Å². The van der Waals surface area contributed by atoms with Crippen molar-refractivity contribution in [3.63, 3.8) is 0 Å². The number of carbonyl (C=O) groups is 3. The number of carbonyl (C=O) groups excluding carboxylic acids is 3. The van der Waals surface area contributed by atoms with Crippen LogP contribution in [0.15, 0.2) is 72.8 Å². The summed E-state index contributed by atoms with van der Waals surface area (Å²) in [5.74, 6) is -0.944. The lowest BCUT2D eigenvalue weighted by atomic mass is 9.91. The number of hydrogen-bond acceptors (Lipinski definition) is 5. The van der Waals surface area contributed by atoms with E-state index in [1.165, 1.54) is 13.0 Å². The van der Waals surface area contributed by atoms with Crippen LogP contribution in [0.4, 0.5) is 11.4 Å². The van der Waals surface area contributed by atoms with Gasteiger partial charge in [-0.05, 0) is 41.0 Å². The quantitative estimate of drug-likeness (QED) is 0.270. The zero-order valence-electron chi connectivity index (χ0n) is 20.0. The molecule has 0 radical (unpaired) electrons. The standard InChI is InChI=1S/C28H25Cl2N3O4/c1-17(34)31-15-18-7-9-22(10-8-18)32-26(35)12-20-11-25(28(36)37-16-19-5-3-2-4-6-19)33-24-14-21(29)13-23(30)27(20)24/h2-10,12-14,25,33H,11,15-16H2,1H3,(H,31,34)(H,32,35)/b20-12+. The maximum Gasteiger partial charge on any atom is 0.329 e. The van der Waals surface area contributed by atoms with Crippen molar-refractivity contribution in [2.24, 2.45) is 0 Å². The van der Waals surface area contributed by atoms with Gasteiger partial charge < -0.3 is 20.7 Å². The van der Waals surface area contributed by atoms with E-state index in [0.717, 1.165) is 11.1 Å². The van der Waals surface area contributed by atoms with Crippen LogP contribution in [0.25, 0.3) is 5.57 Å². The van der Waals surface area contributed by atoms with Gasteiger partial charge in [-0.25, -0.2) is 4.79 Å². The van der Waals surface area contributed by atoms with Gasteiger partial charge >= 0.3 is 5.97 Å². The third-order valence-electron chi connectivity index (χ3n) is 5.71. The zero-order valence-corrected chi connectivity index (χ0v) is 21.5. The Labute approximate surface area is 224 Å². The molecule has 3 aromatic rings. The molecule has 2 amide bonds. The van der Waals surface area contributed by atoms with Crippen molar-refractivity contribution in [2.45, 2.75) is 32.5 Å². The number of halogens is 2. The molecular formula is C28H25Cl2N3O4. The van der Waals surface area contributed by atoms with Crippen LogP contribution < -0.4 is 16.0 Å². The van der Waals surface area contributed by atoms with Crippen molar-refractivity contribution in [3.05, 3.63) is 99.5 Å². The summed E-state index contributed by atoms with van der Waals surface area (Å²) in [7, 11) is 0. The summed E-state index contributed by atoms with van der Waals surface area (Å²) in [5, 5.41) is 9.47. The topological polar surface area (TPSA) is 96.5 Å². The van der Waals surface area contributed by atoms with E-state index < -0.39 is 12.0 Å². The lowest BCUT2D eigenvalue weighted by molar-refractivity contribution is -0.145. The predicted molar refractivity (Wildman–Crippen MR) is 145 cm³/mol. The molecule has 190 valence electrons. The second-order valence-electron chi connectivity index (χ2n) is 8.57. The summed E-state index contributed by atoms with van der Waals surface area (Å²) in [6, 6.07) is 19.1. The normalized spacial score (nSPS) is 15.3. The summed E-state index contributed by atoms with van der Waals surface area (Å²) in [6.07, 6.45) is 1.63. The van der Waals surface area contributed by atoms with Crippen LogP contribution in [0.2, 0.25) is 10.0 Å². The fourth-order valence-corrected chi connectivity index (χ4v) is 4.56. The Hall–Kier alpha value is -3.81. The maximum absolute atomic E-state index is 12.9. The molecule has 3 N–H and O–H groups in total. The number of anilines is 2. The van der Waals surface area contributed by atoms with E-state index in [9.17, 15) is 14.4 Å². The number of hydrogen-bond donors (Lipinski definition) is 3. The van der Waals surface area contributed by atoms with Gasteiger partial charge in [0.15, 0.2) is 0 Å². The number of ether oxygens (including phenoxy) is 1. The molecule has 1 unspecified atom stereocenters. The molecule has 7 nitrogen and oxygen atoms in total. The van der Waals surface area contributed by atoms with Crippen LogP contribution in [0.3, 0.4) is 0 Å². The molecule has 0 bridgehead atoms. The molecule has 0 aromatic heterocycles. The molecule has 0 fully saturated rings. The van der Waals surface area contributed by atoms with Gasteiger partial charge in [-0.1, -0.05) is 65.7 Å². The molecule has 1 aliphatic rings. The van der Waals surface area contributed by atoms with Crippen molar-refractivity contribution >= 4 is 57.9 Å². The summed E-state index contributed by atoms with van der Waals surface area (Å²) >= 11 is 12.7. The van der Waals surface area contributed by atoms with Crippen molar-refractivity contribution < 1.29 is 19.1 Å². The summed E-state index contributed by atoms with van der Waals surface area (Å²) < 4.78 is 5.52. The van der Waals surface area contributed by atoms with Crippen LogP contribution in [-0.2, 0) is 32.3 Å². The Bertz CT molecular complexity index is 1340. The van der Waals surface area contributed by atoms with Crippen molar-refractivity contribution in [1.82, 2.24) is 5.32 Å². The van der Waals surface area contributed by atoms with E-state index in [-0.39, 0.29) is 24.8 Å². The van der Waals surface area contributed by atoms with E-state index in [2.05, 4.69) is 16.0 Å². The van der Waals surface area contributed by atoms with Crippen LogP contribution in [0.5, 0.6) is 0 Å². The molecule has 3 aromatic carbocycles. The molecule has 0 saturated heterocycles. The fourth-order valence-electron chi connectivity index (χ4n) is 3.95. The first kappa shape index (κ1) is 26.3. The average Bonchev–Trinajstić information content (AvgIpc) is 2.86. The first-order valence-electron chi connectivity index (χ1n) is 11.6. The van der Waals surface area contributed by atoms with Gasteiger partial charge in [-0.3, -0.25) is 9.59 Å². The fraction of sp³-hybridized carbons (Fsp3) is 0.179. The van der Waals surface area contributed by atoms with E-state index in [0.29, 0.717) is 39.1 Å². The lowest BCUT2D eigenvalue weighted by Gasteiger charge is -2.28. The number of benzene rings is 3. The molecule has 1 aliphatic heterocycles. The van der Waals surface area contributed by atoms with Crippen molar-refractivity contribution in [1.29, 1.82) is 0 Å². The van der Waals surface area contributed by atoms with E-state index in [4.69, 9.17) is 27.9 Å². The molecule has 1 atom stereocenters. The summed E-state index contributed by atoms with van der Waals surface area (Å²) in [4.78, 5) is 36.9. The smallest absolute Gasteiger partial charge is 0.329 e. The molecule has 0 spiro atoms. The molecule has 37 heavy (non-hydrogen) atoms. The Morgan fingerprint density at radius 3 is 2.46 bits per heavy atom. The van der Waals surface area contributed by atoms with Crippen molar-refractivity contribution in [3.8, 4) is 0 Å². The highest BCUT2D eigenvalue weighted by atomic mass is 35.5. The highest BCUT2D eigenvalue weighted by molar-refractivity contribution is 6.36. The molecule has 4 rings (SSSR count). The monoisotopic (exact) mass is 537 g/mol. The van der Waals surface area contributed by atoms with Gasteiger partial charge in [0.05, 0.1) is 5.02 Å². The molecular weight excluding hydrogens is 513 g/mol. The maximum atomic E-state index is 12.9.